The second-order valence-corrected chi connectivity index (χ2v) is 4.60. The summed E-state index contributed by atoms with van der Waals surface area (Å²) in [6, 6.07) is 7.36. The zero-order chi connectivity index (χ0) is 16.9. The lowest BCUT2D eigenvalue weighted by atomic mass is 10.1. The van der Waals surface area contributed by atoms with Crippen LogP contribution in [0.25, 0.3) is 11.3 Å². The van der Waals surface area contributed by atoms with Crippen molar-refractivity contribution in [3.8, 4) is 17.0 Å². The highest BCUT2D eigenvalue weighted by Gasteiger charge is 2.31. The Morgan fingerprint density at radius 2 is 1.78 bits per heavy atom. The molecule has 0 aliphatic carbocycles. The minimum Gasteiger partial charge on any atom is -0.406 e. The molecule has 1 aromatic heterocycles. The van der Waals surface area contributed by atoms with E-state index in [9.17, 15) is 13.2 Å². The van der Waals surface area contributed by atoms with E-state index in [-0.39, 0.29) is 5.75 Å². The van der Waals surface area contributed by atoms with Crippen LogP contribution in [0.1, 0.15) is 13.8 Å². The Morgan fingerprint density at radius 3 is 2.43 bits per heavy atom. The maximum atomic E-state index is 12.3. The summed E-state index contributed by atoms with van der Waals surface area (Å²) < 4.78 is 41.0. The van der Waals surface area contributed by atoms with Crippen LogP contribution in [0.15, 0.2) is 30.3 Å². The molecule has 8 heteroatoms. The summed E-state index contributed by atoms with van der Waals surface area (Å²) in [6.45, 7) is 5.12. The minimum atomic E-state index is -4.73. The predicted molar refractivity (Wildman–Crippen MR) is 82.5 cm³/mol. The van der Waals surface area contributed by atoms with E-state index in [1.54, 1.807) is 12.1 Å². The van der Waals surface area contributed by atoms with Crippen LogP contribution in [0.4, 0.5) is 24.9 Å². The van der Waals surface area contributed by atoms with E-state index in [0.29, 0.717) is 36.1 Å². The molecule has 23 heavy (non-hydrogen) atoms. The molecular weight excluding hydrogens is 309 g/mol. The second kappa shape index (κ2) is 7.17. The van der Waals surface area contributed by atoms with Crippen LogP contribution in [-0.4, -0.2) is 29.4 Å². The second-order valence-electron chi connectivity index (χ2n) is 4.60. The Kier molecular flexibility index (Phi) is 5.25. The first-order chi connectivity index (χ1) is 10.9. The van der Waals surface area contributed by atoms with Crippen molar-refractivity contribution < 1.29 is 17.9 Å². The van der Waals surface area contributed by atoms with Gasteiger partial charge in [-0.2, -0.15) is 4.98 Å². The van der Waals surface area contributed by atoms with Gasteiger partial charge in [0.25, 0.3) is 0 Å². The topological polar surface area (TPSA) is 59.1 Å². The zero-order valence-electron chi connectivity index (χ0n) is 12.7. The molecule has 0 saturated heterocycles. The highest BCUT2D eigenvalue weighted by Crippen LogP contribution is 2.28. The molecule has 0 amide bonds. The number of rotatable bonds is 6. The molecule has 0 spiro atoms. The summed E-state index contributed by atoms with van der Waals surface area (Å²) in [6.07, 6.45) is -4.73. The molecule has 0 bridgehead atoms. The number of ether oxygens (including phenoxy) is 1. The normalized spacial score (nSPS) is 11.2. The Bertz CT molecular complexity index is 637. The lowest BCUT2D eigenvalue weighted by Gasteiger charge is -2.12. The van der Waals surface area contributed by atoms with E-state index in [2.05, 4.69) is 25.3 Å². The number of benzene rings is 1. The predicted octanol–water partition coefficient (Wildman–Crippen LogP) is 3.91. The Hall–Kier alpha value is -2.51. The molecule has 1 heterocycles. The fourth-order valence-corrected chi connectivity index (χ4v) is 1.96. The van der Waals surface area contributed by atoms with Gasteiger partial charge in [0, 0.05) is 24.7 Å². The molecule has 0 aliphatic rings. The number of nitrogens with zero attached hydrogens (tertiary/aromatic N) is 2. The molecule has 124 valence electrons. The number of aromatic nitrogens is 2. The molecule has 0 radical (unpaired) electrons. The maximum absolute atomic E-state index is 12.3. The summed E-state index contributed by atoms with van der Waals surface area (Å²) in [5, 5.41) is 6.06. The van der Waals surface area contributed by atoms with Crippen molar-refractivity contribution in [2.75, 3.05) is 23.7 Å². The molecule has 0 aliphatic heterocycles. The van der Waals surface area contributed by atoms with Gasteiger partial charge in [0.15, 0.2) is 0 Å². The Labute approximate surface area is 131 Å². The van der Waals surface area contributed by atoms with Crippen LogP contribution in [0.5, 0.6) is 5.75 Å². The number of hydrogen-bond acceptors (Lipinski definition) is 5. The largest absolute Gasteiger partial charge is 0.573 e. The number of alkyl halides is 3. The van der Waals surface area contributed by atoms with Crippen molar-refractivity contribution in [3.05, 3.63) is 30.3 Å². The van der Waals surface area contributed by atoms with Crippen molar-refractivity contribution in [2.45, 2.75) is 20.2 Å². The van der Waals surface area contributed by atoms with Crippen LogP contribution >= 0.6 is 0 Å². The van der Waals surface area contributed by atoms with Gasteiger partial charge in [-0.3, -0.25) is 0 Å². The molecule has 0 fully saturated rings. The first kappa shape index (κ1) is 16.9. The SMILES string of the molecule is CCNc1cc(-c2cccc(OC(F)(F)F)c2)nc(NCC)n1. The number of anilines is 2. The van der Waals surface area contributed by atoms with Gasteiger partial charge in [-0.15, -0.1) is 13.2 Å². The van der Waals surface area contributed by atoms with E-state index in [1.807, 2.05) is 13.8 Å². The highest BCUT2D eigenvalue weighted by molar-refractivity contribution is 5.65. The monoisotopic (exact) mass is 326 g/mol. The number of nitrogens with one attached hydrogen (secondary N) is 2. The van der Waals surface area contributed by atoms with Crippen LogP contribution in [0, 0.1) is 0 Å². The van der Waals surface area contributed by atoms with E-state index in [4.69, 9.17) is 0 Å². The standard InChI is InChI=1S/C15H17F3N4O/c1-3-19-13-9-12(21-14(22-13)20-4-2)10-6-5-7-11(8-10)23-15(16,17)18/h5-9H,3-4H2,1-2H3,(H2,19,20,21,22). The maximum Gasteiger partial charge on any atom is 0.573 e. The van der Waals surface area contributed by atoms with Gasteiger partial charge >= 0.3 is 6.36 Å². The lowest BCUT2D eigenvalue weighted by Crippen LogP contribution is -2.17. The summed E-state index contributed by atoms with van der Waals surface area (Å²) in [4.78, 5) is 8.59. The fourth-order valence-electron chi connectivity index (χ4n) is 1.96. The van der Waals surface area contributed by atoms with Crippen LogP contribution in [-0.2, 0) is 0 Å². The highest BCUT2D eigenvalue weighted by atomic mass is 19.4. The molecule has 0 saturated carbocycles. The van der Waals surface area contributed by atoms with Crippen molar-refractivity contribution in [2.24, 2.45) is 0 Å². The molecular formula is C15H17F3N4O. The van der Waals surface area contributed by atoms with Gasteiger partial charge in [-0.25, -0.2) is 4.98 Å². The minimum absolute atomic E-state index is 0.288. The van der Waals surface area contributed by atoms with E-state index in [0.717, 1.165) is 0 Å². The molecule has 5 nitrogen and oxygen atoms in total. The van der Waals surface area contributed by atoms with Gasteiger partial charge in [-0.1, -0.05) is 12.1 Å². The van der Waals surface area contributed by atoms with Gasteiger partial charge < -0.3 is 15.4 Å². The first-order valence-electron chi connectivity index (χ1n) is 7.14. The summed E-state index contributed by atoms with van der Waals surface area (Å²) in [5.74, 6) is 0.710. The number of hydrogen-bond donors (Lipinski definition) is 2. The lowest BCUT2D eigenvalue weighted by molar-refractivity contribution is -0.274. The fraction of sp³-hybridized carbons (Fsp3) is 0.333. The first-order valence-corrected chi connectivity index (χ1v) is 7.14. The average molecular weight is 326 g/mol. The zero-order valence-corrected chi connectivity index (χ0v) is 12.7. The molecule has 2 aromatic rings. The average Bonchev–Trinajstić information content (AvgIpc) is 2.46. The van der Waals surface area contributed by atoms with Gasteiger partial charge in [0.05, 0.1) is 5.69 Å². The third-order valence-corrected chi connectivity index (χ3v) is 2.78. The van der Waals surface area contributed by atoms with Crippen molar-refractivity contribution >= 4 is 11.8 Å². The van der Waals surface area contributed by atoms with Gasteiger partial charge in [0.2, 0.25) is 5.95 Å². The smallest absolute Gasteiger partial charge is 0.406 e. The van der Waals surface area contributed by atoms with Crippen molar-refractivity contribution in [1.29, 1.82) is 0 Å². The van der Waals surface area contributed by atoms with Crippen molar-refractivity contribution in [3.63, 3.8) is 0 Å². The number of halogens is 3. The van der Waals surface area contributed by atoms with E-state index >= 15 is 0 Å². The summed E-state index contributed by atoms with van der Waals surface area (Å²) >= 11 is 0. The van der Waals surface area contributed by atoms with Crippen molar-refractivity contribution in [1.82, 2.24) is 9.97 Å². The Balaban J connectivity index is 2.38. The van der Waals surface area contributed by atoms with Crippen LogP contribution < -0.4 is 15.4 Å². The quantitative estimate of drug-likeness (QED) is 0.843. The molecule has 0 unspecified atom stereocenters. The molecule has 2 N–H and O–H groups in total. The molecule has 2 rings (SSSR count). The molecule has 1 aromatic carbocycles. The Morgan fingerprint density at radius 1 is 1.04 bits per heavy atom. The summed E-state index contributed by atoms with van der Waals surface area (Å²) in [7, 11) is 0. The van der Waals surface area contributed by atoms with E-state index < -0.39 is 6.36 Å². The van der Waals surface area contributed by atoms with Gasteiger partial charge in [0.1, 0.15) is 11.6 Å². The van der Waals surface area contributed by atoms with Gasteiger partial charge in [-0.05, 0) is 26.0 Å². The molecule has 0 atom stereocenters. The van der Waals surface area contributed by atoms with Crippen LogP contribution in [0.3, 0.4) is 0 Å². The van der Waals surface area contributed by atoms with E-state index in [1.165, 1.54) is 18.2 Å². The third kappa shape index (κ3) is 5.01. The summed E-state index contributed by atoms with van der Waals surface area (Å²) in [5.41, 5.74) is 1.01. The third-order valence-electron chi connectivity index (χ3n) is 2.78. The van der Waals surface area contributed by atoms with Crippen LogP contribution in [0.2, 0.25) is 0 Å².